The van der Waals surface area contributed by atoms with E-state index in [-0.39, 0.29) is 5.41 Å². The van der Waals surface area contributed by atoms with E-state index in [1.807, 2.05) is 13.8 Å². The lowest BCUT2D eigenvalue weighted by molar-refractivity contribution is 0.516. The number of allylic oxidation sites excluding steroid dienone is 3. The predicted octanol–water partition coefficient (Wildman–Crippen LogP) is 4.12. The quantitative estimate of drug-likeness (QED) is 0.522. The van der Waals surface area contributed by atoms with Gasteiger partial charge in [-0.25, -0.2) is 0 Å². The maximum atomic E-state index is 6.03. The Morgan fingerprint density at radius 1 is 1.18 bits per heavy atom. The van der Waals surface area contributed by atoms with Gasteiger partial charge in [-0.1, -0.05) is 44.5 Å². The van der Waals surface area contributed by atoms with Crippen LogP contribution in [-0.2, 0) is 0 Å². The average Bonchev–Trinajstić information content (AvgIpc) is 1.82. The summed E-state index contributed by atoms with van der Waals surface area (Å²) in [5.74, 6) is 0. The van der Waals surface area contributed by atoms with Crippen molar-refractivity contribution in [3.05, 3.63) is 22.8 Å². The third-order valence-electron chi connectivity index (χ3n) is 1.61. The van der Waals surface area contributed by atoms with Gasteiger partial charge in [-0.05, 0) is 24.8 Å². The predicted molar refractivity (Wildman–Crippen MR) is 52.8 cm³/mol. The van der Waals surface area contributed by atoms with E-state index in [2.05, 4.69) is 27.4 Å². The fraction of sp³-hybridized carbons (Fsp3) is 0.600. The molecule has 0 heterocycles. The van der Waals surface area contributed by atoms with Crippen molar-refractivity contribution in [2.45, 2.75) is 34.6 Å². The third-order valence-corrected chi connectivity index (χ3v) is 2.22. The normalized spacial score (nSPS) is 11.1. The molecule has 1 heteroatoms. The van der Waals surface area contributed by atoms with Crippen LogP contribution < -0.4 is 0 Å². The van der Waals surface area contributed by atoms with E-state index in [1.165, 1.54) is 0 Å². The molecule has 0 aromatic heterocycles. The molecule has 64 valence electrons. The van der Waals surface area contributed by atoms with Crippen molar-refractivity contribution in [2.75, 3.05) is 0 Å². The second-order valence-electron chi connectivity index (χ2n) is 4.04. The number of halogens is 1. The van der Waals surface area contributed by atoms with E-state index in [0.29, 0.717) is 0 Å². The van der Waals surface area contributed by atoms with Crippen LogP contribution >= 0.6 is 11.6 Å². The van der Waals surface area contributed by atoms with Gasteiger partial charge in [0.05, 0.1) is 0 Å². The first-order valence-corrected chi connectivity index (χ1v) is 4.17. The lowest BCUT2D eigenvalue weighted by atomic mass is 9.86. The Morgan fingerprint density at radius 3 is 1.64 bits per heavy atom. The van der Waals surface area contributed by atoms with Crippen molar-refractivity contribution >= 4 is 11.6 Å². The maximum absolute atomic E-state index is 6.03. The Hall–Kier alpha value is -0.230. The van der Waals surface area contributed by atoms with Crippen molar-refractivity contribution in [3.8, 4) is 0 Å². The van der Waals surface area contributed by atoms with Crippen molar-refractivity contribution in [1.29, 1.82) is 0 Å². The number of hydrogen-bond acceptors (Lipinski definition) is 0. The molecular formula is C10H17Cl. The first-order chi connectivity index (χ1) is 4.76. The van der Waals surface area contributed by atoms with Crippen LogP contribution in [0.2, 0.25) is 0 Å². The first kappa shape index (κ1) is 10.8. The van der Waals surface area contributed by atoms with Crippen LogP contribution in [0.1, 0.15) is 34.6 Å². The summed E-state index contributed by atoms with van der Waals surface area (Å²) in [6.45, 7) is 14.3. The molecule has 0 aliphatic heterocycles. The van der Waals surface area contributed by atoms with E-state index in [9.17, 15) is 0 Å². The topological polar surface area (TPSA) is 0 Å². The highest BCUT2D eigenvalue weighted by Gasteiger charge is 2.17. The fourth-order valence-corrected chi connectivity index (χ4v) is 0.914. The molecule has 0 bridgehead atoms. The highest BCUT2D eigenvalue weighted by Crippen LogP contribution is 2.33. The molecule has 11 heavy (non-hydrogen) atoms. The molecule has 0 amide bonds. The molecule has 0 unspecified atom stereocenters. The summed E-state index contributed by atoms with van der Waals surface area (Å²) < 4.78 is 0. The van der Waals surface area contributed by atoms with Gasteiger partial charge in [0.25, 0.3) is 0 Å². The van der Waals surface area contributed by atoms with Crippen LogP contribution in [0.25, 0.3) is 0 Å². The van der Waals surface area contributed by atoms with Gasteiger partial charge in [0, 0.05) is 5.03 Å². The van der Waals surface area contributed by atoms with Gasteiger partial charge in [0.1, 0.15) is 0 Å². The van der Waals surface area contributed by atoms with Crippen LogP contribution in [0.5, 0.6) is 0 Å². The van der Waals surface area contributed by atoms with Gasteiger partial charge in [0.2, 0.25) is 0 Å². The van der Waals surface area contributed by atoms with E-state index < -0.39 is 0 Å². The Morgan fingerprint density at radius 2 is 1.55 bits per heavy atom. The summed E-state index contributed by atoms with van der Waals surface area (Å²) in [4.78, 5) is 0. The fourth-order valence-electron chi connectivity index (χ4n) is 0.631. The average molecular weight is 173 g/mol. The Kier molecular flexibility index (Phi) is 3.37. The molecule has 0 nitrogen and oxygen atoms in total. The summed E-state index contributed by atoms with van der Waals surface area (Å²) in [7, 11) is 0. The van der Waals surface area contributed by atoms with Crippen LogP contribution in [0.4, 0.5) is 0 Å². The highest BCUT2D eigenvalue weighted by molar-refractivity contribution is 6.32. The molecule has 0 saturated heterocycles. The van der Waals surface area contributed by atoms with Gasteiger partial charge >= 0.3 is 0 Å². The molecule has 0 radical (unpaired) electrons. The van der Waals surface area contributed by atoms with E-state index in [4.69, 9.17) is 11.6 Å². The van der Waals surface area contributed by atoms with Crippen LogP contribution in [0.3, 0.4) is 0 Å². The minimum absolute atomic E-state index is 0.0777. The summed E-state index contributed by atoms with van der Waals surface area (Å²) in [5.41, 5.74) is 2.22. The van der Waals surface area contributed by atoms with Crippen molar-refractivity contribution < 1.29 is 0 Å². The standard InChI is InChI=1S/C10H17Cl/c1-7(2)9(11)8(3)10(4,5)6/h3H2,1-2,4-6H3. The summed E-state index contributed by atoms with van der Waals surface area (Å²) in [6, 6.07) is 0. The van der Waals surface area contributed by atoms with Crippen molar-refractivity contribution in [2.24, 2.45) is 5.41 Å². The molecule has 0 fully saturated rings. The zero-order valence-corrected chi connectivity index (χ0v) is 8.84. The Bertz CT molecular complexity index is 187. The summed E-state index contributed by atoms with van der Waals surface area (Å²) in [5, 5.41) is 0.817. The monoisotopic (exact) mass is 172 g/mol. The largest absolute Gasteiger partial charge is 0.0938 e. The number of rotatable bonds is 1. The van der Waals surface area contributed by atoms with E-state index in [1.54, 1.807) is 0 Å². The second-order valence-corrected chi connectivity index (χ2v) is 4.42. The molecule has 0 aliphatic rings. The molecule has 0 aromatic carbocycles. The zero-order valence-electron chi connectivity index (χ0n) is 8.09. The lowest BCUT2D eigenvalue weighted by Crippen LogP contribution is -2.08. The van der Waals surface area contributed by atoms with E-state index in [0.717, 1.165) is 16.2 Å². The van der Waals surface area contributed by atoms with Crippen molar-refractivity contribution in [3.63, 3.8) is 0 Å². The van der Waals surface area contributed by atoms with Crippen LogP contribution in [0, 0.1) is 5.41 Å². The zero-order chi connectivity index (χ0) is 9.23. The maximum Gasteiger partial charge on any atom is 0.0423 e. The molecule has 0 atom stereocenters. The van der Waals surface area contributed by atoms with Gasteiger partial charge in [-0.3, -0.25) is 0 Å². The summed E-state index contributed by atoms with van der Waals surface area (Å²) >= 11 is 6.03. The minimum atomic E-state index is 0.0777. The SMILES string of the molecule is C=C(C(Cl)=C(C)C)C(C)(C)C. The molecule has 0 saturated carbocycles. The smallest absolute Gasteiger partial charge is 0.0423 e. The molecule has 0 N–H and O–H groups in total. The molecule has 0 spiro atoms. The van der Waals surface area contributed by atoms with Gasteiger partial charge in [-0.15, -0.1) is 0 Å². The van der Waals surface area contributed by atoms with Crippen molar-refractivity contribution in [1.82, 2.24) is 0 Å². The van der Waals surface area contributed by atoms with Gasteiger partial charge in [0.15, 0.2) is 0 Å². The third kappa shape index (κ3) is 3.11. The molecular weight excluding hydrogens is 156 g/mol. The van der Waals surface area contributed by atoms with Crippen LogP contribution in [-0.4, -0.2) is 0 Å². The molecule has 0 aromatic rings. The Balaban J connectivity index is 4.67. The molecule has 0 aliphatic carbocycles. The first-order valence-electron chi connectivity index (χ1n) is 3.79. The number of hydrogen-bond donors (Lipinski definition) is 0. The second kappa shape index (κ2) is 3.44. The molecule has 0 rings (SSSR count). The van der Waals surface area contributed by atoms with Gasteiger partial charge < -0.3 is 0 Å². The Labute approximate surface area is 74.9 Å². The lowest BCUT2D eigenvalue weighted by Gasteiger charge is -2.21. The van der Waals surface area contributed by atoms with Gasteiger partial charge in [-0.2, -0.15) is 0 Å². The minimum Gasteiger partial charge on any atom is -0.0938 e. The van der Waals surface area contributed by atoms with Crippen LogP contribution in [0.15, 0.2) is 22.8 Å². The highest BCUT2D eigenvalue weighted by atomic mass is 35.5. The van der Waals surface area contributed by atoms with E-state index >= 15 is 0 Å². The summed E-state index contributed by atoms with van der Waals surface area (Å²) in [6.07, 6.45) is 0.